The largest absolute Gasteiger partial charge is 0.480 e. The molecule has 0 aliphatic heterocycles. The van der Waals surface area contributed by atoms with Crippen molar-refractivity contribution in [3.63, 3.8) is 0 Å². The minimum Gasteiger partial charge on any atom is -0.480 e. The molecule has 0 spiro atoms. The van der Waals surface area contributed by atoms with Gasteiger partial charge in [0.05, 0.1) is 6.33 Å². The van der Waals surface area contributed by atoms with Crippen molar-refractivity contribution >= 4 is 28.9 Å². The molecule has 0 saturated heterocycles. The van der Waals surface area contributed by atoms with Gasteiger partial charge in [-0.3, -0.25) is 4.79 Å². The lowest BCUT2D eigenvalue weighted by Crippen LogP contribution is -2.14. The van der Waals surface area contributed by atoms with Crippen LogP contribution in [0.25, 0.3) is 11.2 Å². The van der Waals surface area contributed by atoms with Crippen LogP contribution in [0.4, 0.5) is 11.8 Å². The summed E-state index contributed by atoms with van der Waals surface area (Å²) >= 11 is 0. The van der Waals surface area contributed by atoms with Crippen molar-refractivity contribution in [3.05, 3.63) is 6.33 Å². The number of nitrogens with zero attached hydrogens (tertiary/aromatic N) is 4. The highest BCUT2D eigenvalue weighted by molar-refractivity contribution is 5.85. The van der Waals surface area contributed by atoms with E-state index in [2.05, 4.69) is 20.3 Å². The third-order valence-corrected chi connectivity index (χ3v) is 2.23. The number of fused-ring (bicyclic) bond motifs is 1. The standard InChI is InChI=1S/C9H12N6O2/c1-2-15-4-12-6-7(11-3-5(16)17)13-9(10)14-8(6)15/h4H,2-3H2,1H3,(H,16,17)(H3,10,11,13,14). The number of imidazole rings is 1. The number of hydrogen-bond donors (Lipinski definition) is 3. The number of nitrogens with one attached hydrogen (secondary N) is 1. The highest BCUT2D eigenvalue weighted by Crippen LogP contribution is 2.19. The van der Waals surface area contributed by atoms with Gasteiger partial charge in [-0.25, -0.2) is 4.98 Å². The van der Waals surface area contributed by atoms with Gasteiger partial charge in [-0.15, -0.1) is 0 Å². The Hall–Kier alpha value is -2.38. The Bertz CT molecular complexity index is 564. The van der Waals surface area contributed by atoms with Crippen molar-refractivity contribution in [3.8, 4) is 0 Å². The summed E-state index contributed by atoms with van der Waals surface area (Å²) in [6.07, 6.45) is 1.62. The summed E-state index contributed by atoms with van der Waals surface area (Å²) in [5.41, 5.74) is 6.67. The average Bonchev–Trinajstić information content (AvgIpc) is 2.68. The van der Waals surface area contributed by atoms with Gasteiger partial charge in [0, 0.05) is 6.54 Å². The van der Waals surface area contributed by atoms with Crippen LogP contribution in [0.3, 0.4) is 0 Å². The Kier molecular flexibility index (Phi) is 2.77. The molecule has 2 aromatic heterocycles. The number of nitrogen functional groups attached to an aromatic ring is 1. The first-order chi connectivity index (χ1) is 8.11. The molecule has 90 valence electrons. The number of rotatable bonds is 4. The predicted molar refractivity (Wildman–Crippen MR) is 61.5 cm³/mol. The fourth-order valence-electron chi connectivity index (χ4n) is 1.48. The van der Waals surface area contributed by atoms with E-state index < -0.39 is 5.97 Å². The van der Waals surface area contributed by atoms with Crippen LogP contribution in [0, 0.1) is 0 Å². The molecule has 0 aromatic carbocycles. The van der Waals surface area contributed by atoms with Crippen LogP contribution < -0.4 is 11.1 Å². The third-order valence-electron chi connectivity index (χ3n) is 2.23. The Morgan fingerprint density at radius 1 is 1.59 bits per heavy atom. The van der Waals surface area contributed by atoms with Gasteiger partial charge in [-0.1, -0.05) is 0 Å². The van der Waals surface area contributed by atoms with E-state index in [1.807, 2.05) is 6.92 Å². The van der Waals surface area contributed by atoms with E-state index in [1.165, 1.54) is 0 Å². The second-order valence-corrected chi connectivity index (χ2v) is 3.38. The average molecular weight is 236 g/mol. The van der Waals surface area contributed by atoms with Crippen molar-refractivity contribution in [2.24, 2.45) is 0 Å². The van der Waals surface area contributed by atoms with Crippen molar-refractivity contribution in [2.45, 2.75) is 13.5 Å². The molecular weight excluding hydrogens is 224 g/mol. The van der Waals surface area contributed by atoms with E-state index in [9.17, 15) is 4.79 Å². The molecule has 0 saturated carbocycles. The number of anilines is 2. The maximum Gasteiger partial charge on any atom is 0.322 e. The topological polar surface area (TPSA) is 119 Å². The summed E-state index contributed by atoms with van der Waals surface area (Å²) in [5, 5.41) is 11.3. The summed E-state index contributed by atoms with van der Waals surface area (Å²) in [6.45, 7) is 2.40. The van der Waals surface area contributed by atoms with E-state index in [0.717, 1.165) is 0 Å². The first-order valence-corrected chi connectivity index (χ1v) is 5.05. The number of aromatic nitrogens is 4. The molecule has 2 heterocycles. The van der Waals surface area contributed by atoms with Crippen LogP contribution in [0.1, 0.15) is 6.92 Å². The summed E-state index contributed by atoms with van der Waals surface area (Å²) in [4.78, 5) is 22.6. The lowest BCUT2D eigenvalue weighted by Gasteiger charge is -2.05. The predicted octanol–water partition coefficient (Wildman–Crippen LogP) is -0.0751. The van der Waals surface area contributed by atoms with Gasteiger partial charge in [-0.05, 0) is 6.92 Å². The maximum atomic E-state index is 10.5. The number of nitrogens with two attached hydrogens (primary N) is 1. The summed E-state index contributed by atoms with van der Waals surface area (Å²) in [5.74, 6) is -0.562. The molecule has 2 aromatic rings. The molecule has 17 heavy (non-hydrogen) atoms. The minimum atomic E-state index is -0.981. The fraction of sp³-hybridized carbons (Fsp3) is 0.333. The van der Waals surface area contributed by atoms with Gasteiger partial charge in [0.2, 0.25) is 5.95 Å². The van der Waals surface area contributed by atoms with E-state index in [4.69, 9.17) is 10.8 Å². The van der Waals surface area contributed by atoms with Crippen molar-refractivity contribution in [1.82, 2.24) is 19.5 Å². The molecule has 0 radical (unpaired) electrons. The molecule has 8 heteroatoms. The monoisotopic (exact) mass is 236 g/mol. The van der Waals surface area contributed by atoms with E-state index in [0.29, 0.717) is 23.5 Å². The number of carbonyl (C=O) groups is 1. The highest BCUT2D eigenvalue weighted by Gasteiger charge is 2.11. The first-order valence-electron chi connectivity index (χ1n) is 5.05. The fourth-order valence-corrected chi connectivity index (χ4v) is 1.48. The SMILES string of the molecule is CCn1cnc2c(NCC(=O)O)nc(N)nc21. The molecule has 2 rings (SSSR count). The van der Waals surface area contributed by atoms with Gasteiger partial charge in [-0.2, -0.15) is 9.97 Å². The van der Waals surface area contributed by atoms with Crippen LogP contribution >= 0.6 is 0 Å². The normalized spacial score (nSPS) is 10.6. The lowest BCUT2D eigenvalue weighted by atomic mass is 10.4. The third kappa shape index (κ3) is 2.10. The minimum absolute atomic E-state index is 0.0839. The Labute approximate surface area is 96.5 Å². The number of aliphatic carboxylic acids is 1. The van der Waals surface area contributed by atoms with Crippen LogP contribution in [-0.2, 0) is 11.3 Å². The maximum absolute atomic E-state index is 10.5. The van der Waals surface area contributed by atoms with Crippen molar-refractivity contribution < 1.29 is 9.90 Å². The Balaban J connectivity index is 2.47. The lowest BCUT2D eigenvalue weighted by molar-refractivity contribution is -0.134. The molecule has 8 nitrogen and oxygen atoms in total. The zero-order valence-corrected chi connectivity index (χ0v) is 9.21. The first kappa shape index (κ1) is 11.1. The van der Waals surface area contributed by atoms with Crippen molar-refractivity contribution in [1.29, 1.82) is 0 Å². The molecule has 4 N–H and O–H groups in total. The smallest absolute Gasteiger partial charge is 0.322 e. The number of aryl methyl sites for hydroxylation is 1. The molecule has 0 aliphatic carbocycles. The van der Waals surface area contributed by atoms with Crippen LogP contribution in [0.15, 0.2) is 6.33 Å². The second-order valence-electron chi connectivity index (χ2n) is 3.38. The number of carboxylic acids is 1. The molecule has 0 fully saturated rings. The van der Waals surface area contributed by atoms with Crippen LogP contribution in [-0.4, -0.2) is 37.1 Å². The van der Waals surface area contributed by atoms with E-state index in [-0.39, 0.29) is 12.5 Å². The Morgan fingerprint density at radius 2 is 2.35 bits per heavy atom. The quantitative estimate of drug-likeness (QED) is 0.679. The van der Waals surface area contributed by atoms with Gasteiger partial charge in [0.25, 0.3) is 0 Å². The molecule has 0 atom stereocenters. The number of hydrogen-bond acceptors (Lipinski definition) is 6. The highest BCUT2D eigenvalue weighted by atomic mass is 16.4. The van der Waals surface area contributed by atoms with Gasteiger partial charge < -0.3 is 20.7 Å². The number of carboxylic acid groups (broad SMARTS) is 1. The van der Waals surface area contributed by atoms with Crippen LogP contribution in [0.5, 0.6) is 0 Å². The van der Waals surface area contributed by atoms with Crippen molar-refractivity contribution in [2.75, 3.05) is 17.6 Å². The van der Waals surface area contributed by atoms with Gasteiger partial charge in [0.1, 0.15) is 6.54 Å². The molecule has 0 unspecified atom stereocenters. The van der Waals surface area contributed by atoms with E-state index in [1.54, 1.807) is 10.9 Å². The molecule has 0 bridgehead atoms. The summed E-state index contributed by atoms with van der Waals surface area (Å²) < 4.78 is 1.80. The molecule has 0 amide bonds. The summed E-state index contributed by atoms with van der Waals surface area (Å²) in [6, 6.07) is 0. The molecule has 0 aliphatic rings. The van der Waals surface area contributed by atoms with E-state index >= 15 is 0 Å². The zero-order chi connectivity index (χ0) is 12.4. The zero-order valence-electron chi connectivity index (χ0n) is 9.21. The molecular formula is C9H12N6O2. The van der Waals surface area contributed by atoms with Gasteiger partial charge in [0.15, 0.2) is 17.0 Å². The van der Waals surface area contributed by atoms with Crippen LogP contribution in [0.2, 0.25) is 0 Å². The Morgan fingerprint density at radius 3 is 3.00 bits per heavy atom. The van der Waals surface area contributed by atoms with Gasteiger partial charge >= 0.3 is 5.97 Å². The second kappa shape index (κ2) is 4.24. The summed E-state index contributed by atoms with van der Waals surface area (Å²) in [7, 11) is 0.